The number of hydrogen-bond donors (Lipinski definition) is 2. The van der Waals surface area contributed by atoms with Gasteiger partial charge < -0.3 is 11.5 Å². The molecule has 1 aromatic heterocycles. The van der Waals surface area contributed by atoms with Gasteiger partial charge in [-0.05, 0) is 24.3 Å². The summed E-state index contributed by atoms with van der Waals surface area (Å²) in [5.41, 5.74) is 11.5. The summed E-state index contributed by atoms with van der Waals surface area (Å²) in [5.74, 6) is -1.13. The lowest BCUT2D eigenvalue weighted by atomic mass is 10.2. The Morgan fingerprint density at radius 2 is 1.88 bits per heavy atom. The second kappa shape index (κ2) is 4.09. The Hall–Kier alpha value is -2.63. The van der Waals surface area contributed by atoms with Crippen molar-refractivity contribution in [3.8, 4) is 5.69 Å². The van der Waals surface area contributed by atoms with E-state index in [0.717, 1.165) is 0 Å². The third-order valence-electron chi connectivity index (χ3n) is 2.27. The highest BCUT2D eigenvalue weighted by atomic mass is 16.1. The quantitative estimate of drug-likeness (QED) is 0.779. The Balaban J connectivity index is 2.53. The predicted molar refractivity (Wildman–Crippen MR) is 60.6 cm³/mol. The largest absolute Gasteiger partial charge is 0.366 e. The first-order valence-corrected chi connectivity index (χ1v) is 4.83. The number of carbonyl (C=O) groups excluding carboxylic acids is 2. The summed E-state index contributed by atoms with van der Waals surface area (Å²) in [5, 5.41) is 3.97. The van der Waals surface area contributed by atoms with Crippen molar-refractivity contribution in [2.75, 3.05) is 0 Å². The van der Waals surface area contributed by atoms with Crippen LogP contribution in [-0.2, 0) is 0 Å². The smallest absolute Gasteiger partial charge is 0.267 e. The van der Waals surface area contributed by atoms with E-state index >= 15 is 0 Å². The van der Waals surface area contributed by atoms with Crippen molar-refractivity contribution in [3.05, 3.63) is 47.8 Å². The van der Waals surface area contributed by atoms with Crippen LogP contribution >= 0.6 is 0 Å². The van der Waals surface area contributed by atoms with Crippen LogP contribution in [0.1, 0.15) is 20.8 Å². The minimum absolute atomic E-state index is 0.242. The molecule has 86 valence electrons. The molecular formula is C11H10N4O2. The molecule has 2 rings (SSSR count). The molecule has 0 aliphatic carbocycles. The van der Waals surface area contributed by atoms with Gasteiger partial charge in [-0.1, -0.05) is 6.07 Å². The normalized spacial score (nSPS) is 10.1. The van der Waals surface area contributed by atoms with Gasteiger partial charge >= 0.3 is 0 Å². The highest BCUT2D eigenvalue weighted by molar-refractivity contribution is 5.94. The van der Waals surface area contributed by atoms with Gasteiger partial charge in [0.2, 0.25) is 5.91 Å². The fraction of sp³-hybridized carbons (Fsp3) is 0. The highest BCUT2D eigenvalue weighted by Gasteiger charge is 2.10. The van der Waals surface area contributed by atoms with Crippen LogP contribution in [0.25, 0.3) is 5.69 Å². The van der Waals surface area contributed by atoms with Gasteiger partial charge in [0.25, 0.3) is 5.91 Å². The summed E-state index contributed by atoms with van der Waals surface area (Å²) in [6, 6.07) is 7.98. The van der Waals surface area contributed by atoms with Crippen molar-refractivity contribution in [1.29, 1.82) is 0 Å². The first-order chi connectivity index (χ1) is 8.09. The monoisotopic (exact) mass is 230 g/mol. The van der Waals surface area contributed by atoms with Gasteiger partial charge in [0.15, 0.2) is 0 Å². The maximum absolute atomic E-state index is 11.1. The molecule has 0 aliphatic heterocycles. The summed E-state index contributed by atoms with van der Waals surface area (Å²) in [6.07, 6.45) is 1.46. The molecule has 6 nitrogen and oxygen atoms in total. The zero-order valence-corrected chi connectivity index (χ0v) is 8.83. The molecule has 6 heteroatoms. The van der Waals surface area contributed by atoms with Gasteiger partial charge in [0, 0.05) is 5.56 Å². The highest BCUT2D eigenvalue weighted by Crippen LogP contribution is 2.12. The van der Waals surface area contributed by atoms with Gasteiger partial charge in [0.1, 0.15) is 5.69 Å². The second-order valence-corrected chi connectivity index (χ2v) is 3.41. The Kier molecular flexibility index (Phi) is 2.61. The maximum Gasteiger partial charge on any atom is 0.267 e. The summed E-state index contributed by atoms with van der Waals surface area (Å²) in [7, 11) is 0. The number of aromatic nitrogens is 2. The summed E-state index contributed by atoms with van der Waals surface area (Å²) < 4.78 is 1.36. The molecule has 2 aromatic rings. The van der Waals surface area contributed by atoms with E-state index in [1.165, 1.54) is 16.9 Å². The van der Waals surface area contributed by atoms with E-state index in [-0.39, 0.29) is 5.69 Å². The lowest BCUT2D eigenvalue weighted by Gasteiger charge is -2.05. The average Bonchev–Trinajstić information content (AvgIpc) is 2.78. The van der Waals surface area contributed by atoms with Gasteiger partial charge in [-0.3, -0.25) is 9.59 Å². The average molecular weight is 230 g/mol. The van der Waals surface area contributed by atoms with Crippen LogP contribution in [0.5, 0.6) is 0 Å². The molecule has 0 fully saturated rings. The van der Waals surface area contributed by atoms with Crippen LogP contribution in [0.4, 0.5) is 0 Å². The molecule has 2 amide bonds. The molecule has 0 unspecified atom stereocenters. The number of rotatable bonds is 3. The van der Waals surface area contributed by atoms with E-state index in [0.29, 0.717) is 11.3 Å². The number of carbonyl (C=O) groups is 2. The zero-order valence-electron chi connectivity index (χ0n) is 8.83. The van der Waals surface area contributed by atoms with E-state index in [4.69, 9.17) is 11.5 Å². The number of primary amides is 2. The first-order valence-electron chi connectivity index (χ1n) is 4.83. The number of hydrogen-bond acceptors (Lipinski definition) is 3. The molecule has 0 saturated carbocycles. The molecule has 1 aromatic carbocycles. The zero-order chi connectivity index (χ0) is 12.4. The van der Waals surface area contributed by atoms with Crippen molar-refractivity contribution in [3.63, 3.8) is 0 Å². The predicted octanol–water partition coefficient (Wildman–Crippen LogP) is 0.0701. The fourth-order valence-electron chi connectivity index (χ4n) is 1.49. The van der Waals surface area contributed by atoms with Crippen molar-refractivity contribution in [2.24, 2.45) is 11.5 Å². The van der Waals surface area contributed by atoms with Crippen LogP contribution in [0.15, 0.2) is 36.5 Å². The van der Waals surface area contributed by atoms with Crippen LogP contribution in [0.2, 0.25) is 0 Å². The molecule has 0 saturated heterocycles. The van der Waals surface area contributed by atoms with E-state index in [1.54, 1.807) is 24.3 Å². The third kappa shape index (κ3) is 2.00. The number of benzene rings is 1. The Morgan fingerprint density at radius 1 is 1.12 bits per heavy atom. The Morgan fingerprint density at radius 3 is 2.53 bits per heavy atom. The SMILES string of the molecule is NC(=O)c1cccc(-n2nccc2C(N)=O)c1. The topological polar surface area (TPSA) is 104 Å². The number of nitrogens with two attached hydrogens (primary N) is 2. The van der Waals surface area contributed by atoms with Gasteiger partial charge in [-0.2, -0.15) is 5.10 Å². The molecule has 0 bridgehead atoms. The van der Waals surface area contributed by atoms with Crippen molar-refractivity contribution < 1.29 is 9.59 Å². The summed E-state index contributed by atoms with van der Waals surface area (Å²) in [4.78, 5) is 22.2. The van der Waals surface area contributed by atoms with E-state index in [2.05, 4.69) is 5.10 Å². The lowest BCUT2D eigenvalue weighted by molar-refractivity contribution is 0.0988. The van der Waals surface area contributed by atoms with Crippen LogP contribution in [-0.4, -0.2) is 21.6 Å². The summed E-state index contributed by atoms with van der Waals surface area (Å²) in [6.45, 7) is 0. The molecule has 1 heterocycles. The number of amides is 2. The van der Waals surface area contributed by atoms with Gasteiger partial charge in [-0.25, -0.2) is 4.68 Å². The van der Waals surface area contributed by atoms with Gasteiger partial charge in [0.05, 0.1) is 11.9 Å². The fourth-order valence-corrected chi connectivity index (χ4v) is 1.49. The van der Waals surface area contributed by atoms with Crippen LogP contribution in [0.3, 0.4) is 0 Å². The van der Waals surface area contributed by atoms with Crippen LogP contribution in [0, 0.1) is 0 Å². The molecule has 0 radical (unpaired) electrons. The standard InChI is InChI=1S/C11H10N4O2/c12-10(16)7-2-1-3-8(6-7)15-9(11(13)17)4-5-14-15/h1-6H,(H2,12,16)(H2,13,17). The molecule has 4 N–H and O–H groups in total. The molecule has 0 spiro atoms. The molecular weight excluding hydrogens is 220 g/mol. The second-order valence-electron chi connectivity index (χ2n) is 3.41. The number of nitrogens with zero attached hydrogens (tertiary/aromatic N) is 2. The van der Waals surface area contributed by atoms with E-state index in [1.807, 2.05) is 0 Å². The molecule has 0 atom stereocenters. The van der Waals surface area contributed by atoms with Crippen molar-refractivity contribution >= 4 is 11.8 Å². The summed E-state index contributed by atoms with van der Waals surface area (Å²) >= 11 is 0. The Labute approximate surface area is 96.8 Å². The van der Waals surface area contributed by atoms with Crippen molar-refractivity contribution in [2.45, 2.75) is 0 Å². The van der Waals surface area contributed by atoms with Crippen molar-refractivity contribution in [1.82, 2.24) is 9.78 Å². The maximum atomic E-state index is 11.1. The molecule has 17 heavy (non-hydrogen) atoms. The minimum Gasteiger partial charge on any atom is -0.366 e. The lowest BCUT2D eigenvalue weighted by Crippen LogP contribution is -2.17. The van der Waals surface area contributed by atoms with Crippen LogP contribution < -0.4 is 11.5 Å². The Bertz CT molecular complexity index is 589. The first kappa shape index (κ1) is 10.9. The van der Waals surface area contributed by atoms with E-state index < -0.39 is 11.8 Å². The van der Waals surface area contributed by atoms with Gasteiger partial charge in [-0.15, -0.1) is 0 Å². The van der Waals surface area contributed by atoms with E-state index in [9.17, 15) is 9.59 Å². The molecule has 0 aliphatic rings. The minimum atomic E-state index is -0.591. The third-order valence-corrected chi connectivity index (χ3v) is 2.27.